The van der Waals surface area contributed by atoms with Crippen LogP contribution in [0.1, 0.15) is 38.5 Å². The summed E-state index contributed by atoms with van der Waals surface area (Å²) in [4.78, 5) is 2.72. The van der Waals surface area contributed by atoms with Gasteiger partial charge in [-0.1, -0.05) is 6.42 Å². The number of nitrogens with one attached hydrogen (secondary N) is 1. The number of rotatable bonds is 5. The van der Waals surface area contributed by atoms with Crippen molar-refractivity contribution in [3.8, 4) is 0 Å². The van der Waals surface area contributed by atoms with Crippen LogP contribution >= 0.6 is 11.8 Å². The largest absolute Gasteiger partial charge is 0.314 e. The molecule has 1 N–H and O–H groups in total. The average Bonchev–Trinajstić information content (AvgIpc) is 3.09. The summed E-state index contributed by atoms with van der Waals surface area (Å²) in [6, 6.07) is 0.887. The van der Waals surface area contributed by atoms with E-state index in [4.69, 9.17) is 0 Å². The van der Waals surface area contributed by atoms with Crippen molar-refractivity contribution in [2.45, 2.75) is 49.8 Å². The van der Waals surface area contributed by atoms with Gasteiger partial charge in [-0.25, -0.2) is 0 Å². The Hall–Kier alpha value is 0.270. The lowest BCUT2D eigenvalue weighted by Crippen LogP contribution is -2.32. The van der Waals surface area contributed by atoms with Crippen LogP contribution in [0.5, 0.6) is 0 Å². The van der Waals surface area contributed by atoms with Crippen molar-refractivity contribution in [2.75, 3.05) is 31.9 Å². The molecule has 1 saturated carbocycles. The van der Waals surface area contributed by atoms with E-state index < -0.39 is 0 Å². The molecule has 3 fully saturated rings. The van der Waals surface area contributed by atoms with E-state index in [0.717, 1.165) is 17.2 Å². The number of thioether (sulfide) groups is 1. The second kappa shape index (κ2) is 5.94. The van der Waals surface area contributed by atoms with Gasteiger partial charge in [0.25, 0.3) is 0 Å². The third-order valence-corrected chi connectivity index (χ3v) is 5.76. The second-order valence-electron chi connectivity index (χ2n) is 6.09. The number of nitrogens with zero attached hydrogens (tertiary/aromatic N) is 1. The topological polar surface area (TPSA) is 15.3 Å². The van der Waals surface area contributed by atoms with Gasteiger partial charge in [0.05, 0.1) is 0 Å². The summed E-state index contributed by atoms with van der Waals surface area (Å²) in [7, 11) is 0. The van der Waals surface area contributed by atoms with Gasteiger partial charge < -0.3 is 10.2 Å². The third-order valence-electron chi connectivity index (χ3n) is 4.38. The highest BCUT2D eigenvalue weighted by Gasteiger charge is 2.27. The molecule has 17 heavy (non-hydrogen) atoms. The summed E-state index contributed by atoms with van der Waals surface area (Å²) < 4.78 is 0. The van der Waals surface area contributed by atoms with Crippen molar-refractivity contribution in [2.24, 2.45) is 5.92 Å². The van der Waals surface area contributed by atoms with Gasteiger partial charge in [0.15, 0.2) is 0 Å². The van der Waals surface area contributed by atoms with E-state index in [-0.39, 0.29) is 0 Å². The maximum absolute atomic E-state index is 3.69. The van der Waals surface area contributed by atoms with E-state index in [1.54, 1.807) is 0 Å². The summed E-state index contributed by atoms with van der Waals surface area (Å²) in [6.45, 7) is 5.36. The minimum atomic E-state index is 0.887. The zero-order valence-electron chi connectivity index (χ0n) is 10.9. The van der Waals surface area contributed by atoms with Crippen LogP contribution in [0, 0.1) is 5.92 Å². The Bertz CT molecular complexity index is 236. The maximum atomic E-state index is 3.69. The van der Waals surface area contributed by atoms with Crippen molar-refractivity contribution in [3.05, 3.63) is 0 Å². The second-order valence-corrected chi connectivity index (χ2v) is 7.49. The normalized spacial score (nSPS) is 35.3. The summed E-state index contributed by atoms with van der Waals surface area (Å²) in [5.74, 6) is 2.34. The summed E-state index contributed by atoms with van der Waals surface area (Å²) in [5.41, 5.74) is 0. The van der Waals surface area contributed by atoms with E-state index in [9.17, 15) is 0 Å². The Morgan fingerprint density at radius 2 is 2.06 bits per heavy atom. The quantitative estimate of drug-likeness (QED) is 0.811. The number of likely N-dealkylation sites (tertiary alicyclic amines) is 1. The molecule has 0 spiro atoms. The molecule has 98 valence electrons. The Morgan fingerprint density at radius 1 is 1.12 bits per heavy atom. The highest BCUT2D eigenvalue weighted by Crippen LogP contribution is 2.28. The van der Waals surface area contributed by atoms with Crippen LogP contribution in [0.4, 0.5) is 0 Å². The lowest BCUT2D eigenvalue weighted by molar-refractivity contribution is 0.315. The van der Waals surface area contributed by atoms with Gasteiger partial charge in [-0.3, -0.25) is 0 Å². The summed E-state index contributed by atoms with van der Waals surface area (Å²) >= 11 is 2.22. The van der Waals surface area contributed by atoms with Crippen LogP contribution in [-0.2, 0) is 0 Å². The first-order valence-electron chi connectivity index (χ1n) is 7.47. The molecular formula is C14H26N2S. The molecular weight excluding hydrogens is 228 g/mol. The number of hydrogen-bond donors (Lipinski definition) is 1. The van der Waals surface area contributed by atoms with Gasteiger partial charge >= 0.3 is 0 Å². The van der Waals surface area contributed by atoms with E-state index in [0.29, 0.717) is 0 Å². The van der Waals surface area contributed by atoms with E-state index in [1.165, 1.54) is 70.5 Å². The molecule has 2 unspecified atom stereocenters. The predicted molar refractivity (Wildman–Crippen MR) is 75.7 cm³/mol. The fourth-order valence-electron chi connectivity index (χ4n) is 3.11. The molecule has 2 nitrogen and oxygen atoms in total. The first kappa shape index (κ1) is 12.3. The molecule has 1 aliphatic carbocycles. The van der Waals surface area contributed by atoms with Crippen LogP contribution in [0.2, 0.25) is 0 Å². The van der Waals surface area contributed by atoms with Crippen molar-refractivity contribution < 1.29 is 0 Å². The van der Waals surface area contributed by atoms with Crippen LogP contribution in [-0.4, -0.2) is 48.1 Å². The van der Waals surface area contributed by atoms with Gasteiger partial charge in [-0.05, 0) is 56.9 Å². The van der Waals surface area contributed by atoms with E-state index in [1.807, 2.05) is 0 Å². The first-order chi connectivity index (χ1) is 8.40. The minimum Gasteiger partial charge on any atom is -0.314 e. The zero-order chi connectivity index (χ0) is 11.5. The van der Waals surface area contributed by atoms with Gasteiger partial charge in [0.1, 0.15) is 0 Å². The van der Waals surface area contributed by atoms with Gasteiger partial charge in [0, 0.05) is 24.4 Å². The third kappa shape index (κ3) is 3.87. The van der Waals surface area contributed by atoms with Crippen molar-refractivity contribution in [1.29, 1.82) is 0 Å². The monoisotopic (exact) mass is 254 g/mol. The molecule has 3 rings (SSSR count). The zero-order valence-corrected chi connectivity index (χ0v) is 11.7. The lowest BCUT2D eigenvalue weighted by Gasteiger charge is -2.26. The fourth-order valence-corrected chi connectivity index (χ4v) is 4.46. The van der Waals surface area contributed by atoms with Crippen LogP contribution in [0.15, 0.2) is 0 Å². The van der Waals surface area contributed by atoms with Crippen molar-refractivity contribution >= 4 is 11.8 Å². The molecule has 3 aliphatic rings. The Balaban J connectivity index is 1.34. The number of hydrogen-bond acceptors (Lipinski definition) is 3. The Labute approximate surface area is 110 Å². The summed E-state index contributed by atoms with van der Waals surface area (Å²) in [6.07, 6.45) is 8.67. The lowest BCUT2D eigenvalue weighted by atomic mass is 10.1. The minimum absolute atomic E-state index is 0.887. The standard InChI is InChI=1S/C14H26N2S/c1-2-8-17-14(3-1)11-16-7-6-12(10-16)9-15-13-4-5-13/h12-15H,1-11H2. The van der Waals surface area contributed by atoms with Crippen molar-refractivity contribution in [3.63, 3.8) is 0 Å². The van der Waals surface area contributed by atoms with E-state index in [2.05, 4.69) is 22.0 Å². The smallest absolute Gasteiger partial charge is 0.0175 e. The molecule has 0 aromatic heterocycles. The molecule has 0 amide bonds. The highest BCUT2D eigenvalue weighted by molar-refractivity contribution is 7.99. The maximum Gasteiger partial charge on any atom is 0.0175 e. The SMILES string of the molecule is C1CCC(CN2CCC(CNC3CC3)C2)SC1. The van der Waals surface area contributed by atoms with Crippen LogP contribution in [0.25, 0.3) is 0 Å². The van der Waals surface area contributed by atoms with Gasteiger partial charge in [-0.2, -0.15) is 11.8 Å². The van der Waals surface area contributed by atoms with Gasteiger partial charge in [-0.15, -0.1) is 0 Å². The first-order valence-corrected chi connectivity index (χ1v) is 8.52. The molecule has 0 aromatic carbocycles. The highest BCUT2D eigenvalue weighted by atomic mass is 32.2. The molecule has 2 saturated heterocycles. The fraction of sp³-hybridized carbons (Fsp3) is 1.00. The van der Waals surface area contributed by atoms with Crippen molar-refractivity contribution in [1.82, 2.24) is 10.2 Å². The molecule has 0 aromatic rings. The van der Waals surface area contributed by atoms with Gasteiger partial charge in [0.2, 0.25) is 0 Å². The summed E-state index contributed by atoms with van der Waals surface area (Å²) in [5, 5.41) is 4.63. The van der Waals surface area contributed by atoms with E-state index >= 15 is 0 Å². The Kier molecular flexibility index (Phi) is 4.30. The Morgan fingerprint density at radius 3 is 2.82 bits per heavy atom. The average molecular weight is 254 g/mol. The molecule has 2 aliphatic heterocycles. The molecule has 3 heteroatoms. The molecule has 2 heterocycles. The molecule has 0 bridgehead atoms. The molecule has 0 radical (unpaired) electrons. The predicted octanol–water partition coefficient (Wildman–Crippen LogP) is 2.35. The van der Waals surface area contributed by atoms with Crippen LogP contribution < -0.4 is 5.32 Å². The van der Waals surface area contributed by atoms with Crippen LogP contribution in [0.3, 0.4) is 0 Å². The molecule has 2 atom stereocenters.